The highest BCUT2D eigenvalue weighted by atomic mass is 32.1. The minimum atomic E-state index is -0.514. The molecule has 2 aromatic rings. The SMILES string of the molecule is CC(C)(CNC(=O)c1cc(C(N)=O)cs1)Cc1ccccc1. The van der Waals surface area contributed by atoms with Crippen molar-refractivity contribution in [3.63, 3.8) is 0 Å². The summed E-state index contributed by atoms with van der Waals surface area (Å²) in [6.45, 7) is 4.79. The predicted octanol–water partition coefficient (Wildman–Crippen LogP) is 2.85. The molecule has 4 nitrogen and oxygen atoms in total. The third kappa shape index (κ3) is 4.43. The summed E-state index contributed by atoms with van der Waals surface area (Å²) in [5.74, 6) is -0.682. The van der Waals surface area contributed by atoms with E-state index in [0.29, 0.717) is 17.0 Å². The normalized spacial score (nSPS) is 11.2. The molecule has 1 aromatic carbocycles. The fourth-order valence-electron chi connectivity index (χ4n) is 2.20. The minimum Gasteiger partial charge on any atom is -0.366 e. The molecule has 0 aliphatic heterocycles. The largest absolute Gasteiger partial charge is 0.366 e. The minimum absolute atomic E-state index is 0.0548. The lowest BCUT2D eigenvalue weighted by Crippen LogP contribution is -2.35. The molecule has 0 radical (unpaired) electrons. The Hall–Kier alpha value is -2.14. The Bertz CT molecular complexity index is 662. The Morgan fingerprint density at radius 2 is 1.91 bits per heavy atom. The highest BCUT2D eigenvalue weighted by molar-refractivity contribution is 7.12. The Kier molecular flexibility index (Phi) is 4.98. The molecule has 2 rings (SSSR count). The number of hydrogen-bond donors (Lipinski definition) is 2. The van der Waals surface area contributed by atoms with Crippen molar-refractivity contribution in [1.29, 1.82) is 0 Å². The van der Waals surface area contributed by atoms with Crippen molar-refractivity contribution < 1.29 is 9.59 Å². The van der Waals surface area contributed by atoms with Gasteiger partial charge in [0.25, 0.3) is 5.91 Å². The first-order valence-corrected chi connectivity index (χ1v) is 7.96. The summed E-state index contributed by atoms with van der Waals surface area (Å²) in [6.07, 6.45) is 0.880. The topological polar surface area (TPSA) is 72.2 Å². The Morgan fingerprint density at radius 3 is 2.50 bits per heavy atom. The molecule has 22 heavy (non-hydrogen) atoms. The Labute approximate surface area is 134 Å². The number of rotatable bonds is 6. The highest BCUT2D eigenvalue weighted by Gasteiger charge is 2.20. The molecule has 1 aromatic heterocycles. The average Bonchev–Trinajstić information content (AvgIpc) is 2.95. The van der Waals surface area contributed by atoms with Crippen LogP contribution in [0, 0.1) is 5.41 Å². The number of hydrogen-bond acceptors (Lipinski definition) is 3. The lowest BCUT2D eigenvalue weighted by molar-refractivity contribution is 0.0940. The van der Waals surface area contributed by atoms with Crippen LogP contribution < -0.4 is 11.1 Å². The summed E-state index contributed by atoms with van der Waals surface area (Å²) in [5, 5.41) is 4.53. The zero-order chi connectivity index (χ0) is 16.2. The van der Waals surface area contributed by atoms with E-state index in [2.05, 4.69) is 31.3 Å². The van der Waals surface area contributed by atoms with Crippen molar-refractivity contribution in [3.8, 4) is 0 Å². The summed E-state index contributed by atoms with van der Waals surface area (Å²) in [4.78, 5) is 23.7. The van der Waals surface area contributed by atoms with Crippen molar-refractivity contribution >= 4 is 23.2 Å². The molecule has 0 aliphatic rings. The standard InChI is InChI=1S/C17H20N2O2S/c1-17(2,9-12-6-4-3-5-7-12)11-19-16(21)14-8-13(10-22-14)15(18)20/h3-8,10H,9,11H2,1-2H3,(H2,18,20)(H,19,21). The molecular formula is C17H20N2O2S. The first-order chi connectivity index (χ1) is 10.4. The van der Waals surface area contributed by atoms with Crippen molar-refractivity contribution in [2.75, 3.05) is 6.54 Å². The van der Waals surface area contributed by atoms with Gasteiger partial charge in [-0.15, -0.1) is 11.3 Å². The lowest BCUT2D eigenvalue weighted by atomic mass is 9.85. The molecule has 0 aliphatic carbocycles. The lowest BCUT2D eigenvalue weighted by Gasteiger charge is -2.25. The molecule has 3 N–H and O–H groups in total. The fourth-order valence-corrected chi connectivity index (χ4v) is 3.01. The molecule has 0 atom stereocenters. The van der Waals surface area contributed by atoms with Crippen LogP contribution in [-0.4, -0.2) is 18.4 Å². The zero-order valence-corrected chi connectivity index (χ0v) is 13.6. The van der Waals surface area contributed by atoms with Crippen LogP contribution in [0.15, 0.2) is 41.8 Å². The van der Waals surface area contributed by atoms with E-state index in [1.54, 1.807) is 5.38 Å². The molecule has 1 heterocycles. The second kappa shape index (κ2) is 6.75. The molecule has 0 bridgehead atoms. The van der Waals surface area contributed by atoms with Crippen molar-refractivity contribution in [2.45, 2.75) is 20.3 Å². The maximum Gasteiger partial charge on any atom is 0.261 e. The zero-order valence-electron chi connectivity index (χ0n) is 12.8. The van der Waals surface area contributed by atoms with Crippen LogP contribution in [0.1, 0.15) is 39.4 Å². The van der Waals surface area contributed by atoms with Crippen LogP contribution in [0.2, 0.25) is 0 Å². The van der Waals surface area contributed by atoms with Crippen LogP contribution in [-0.2, 0) is 6.42 Å². The maximum atomic E-state index is 12.1. The third-order valence-electron chi connectivity index (χ3n) is 3.36. The van der Waals surface area contributed by atoms with Gasteiger partial charge in [0.15, 0.2) is 0 Å². The second-order valence-corrected chi connectivity index (χ2v) is 6.98. The number of carbonyl (C=O) groups is 2. The number of primary amides is 1. The molecule has 116 valence electrons. The predicted molar refractivity (Wildman–Crippen MR) is 89.1 cm³/mol. The summed E-state index contributed by atoms with van der Waals surface area (Å²) in [5.41, 5.74) is 6.76. The average molecular weight is 316 g/mol. The summed E-state index contributed by atoms with van der Waals surface area (Å²) in [6, 6.07) is 11.7. The van der Waals surface area contributed by atoms with E-state index in [1.165, 1.54) is 23.0 Å². The van der Waals surface area contributed by atoms with Gasteiger partial charge in [-0.25, -0.2) is 0 Å². The van der Waals surface area contributed by atoms with E-state index in [4.69, 9.17) is 5.73 Å². The van der Waals surface area contributed by atoms with E-state index in [0.717, 1.165) is 6.42 Å². The van der Waals surface area contributed by atoms with Gasteiger partial charge >= 0.3 is 0 Å². The van der Waals surface area contributed by atoms with Gasteiger partial charge in [0.1, 0.15) is 0 Å². The summed E-state index contributed by atoms with van der Waals surface area (Å²) < 4.78 is 0. The van der Waals surface area contributed by atoms with Gasteiger partial charge in [0.05, 0.1) is 10.4 Å². The summed E-state index contributed by atoms with van der Waals surface area (Å²) >= 11 is 1.23. The Morgan fingerprint density at radius 1 is 1.23 bits per heavy atom. The number of nitrogens with two attached hydrogens (primary N) is 1. The van der Waals surface area contributed by atoms with E-state index < -0.39 is 5.91 Å². The van der Waals surface area contributed by atoms with Crippen LogP contribution in [0.4, 0.5) is 0 Å². The second-order valence-electron chi connectivity index (χ2n) is 6.07. The van der Waals surface area contributed by atoms with E-state index in [1.807, 2.05) is 18.2 Å². The molecule has 0 spiro atoms. The van der Waals surface area contributed by atoms with Gasteiger partial charge < -0.3 is 11.1 Å². The van der Waals surface area contributed by atoms with Crippen LogP contribution in [0.5, 0.6) is 0 Å². The highest BCUT2D eigenvalue weighted by Crippen LogP contribution is 2.21. The smallest absolute Gasteiger partial charge is 0.261 e. The summed E-state index contributed by atoms with van der Waals surface area (Å²) in [7, 11) is 0. The number of thiophene rings is 1. The maximum absolute atomic E-state index is 12.1. The Balaban J connectivity index is 1.93. The van der Waals surface area contributed by atoms with Gasteiger partial charge in [-0.3, -0.25) is 9.59 Å². The van der Waals surface area contributed by atoms with Gasteiger partial charge in [-0.2, -0.15) is 0 Å². The number of amides is 2. The molecule has 0 unspecified atom stereocenters. The number of carbonyl (C=O) groups excluding carboxylic acids is 2. The van der Waals surface area contributed by atoms with Crippen molar-refractivity contribution in [1.82, 2.24) is 5.32 Å². The molecule has 0 fully saturated rings. The van der Waals surface area contributed by atoms with Crippen LogP contribution >= 0.6 is 11.3 Å². The van der Waals surface area contributed by atoms with Crippen LogP contribution in [0.25, 0.3) is 0 Å². The molecule has 2 amide bonds. The molecule has 0 saturated heterocycles. The quantitative estimate of drug-likeness (QED) is 0.860. The molecule has 0 saturated carbocycles. The monoisotopic (exact) mass is 316 g/mol. The molecular weight excluding hydrogens is 296 g/mol. The van der Waals surface area contributed by atoms with Crippen LogP contribution in [0.3, 0.4) is 0 Å². The van der Waals surface area contributed by atoms with E-state index in [9.17, 15) is 9.59 Å². The van der Waals surface area contributed by atoms with Crippen molar-refractivity contribution in [2.24, 2.45) is 11.1 Å². The van der Waals surface area contributed by atoms with Crippen molar-refractivity contribution in [3.05, 3.63) is 57.8 Å². The number of nitrogens with one attached hydrogen (secondary N) is 1. The first kappa shape index (κ1) is 16.2. The first-order valence-electron chi connectivity index (χ1n) is 7.08. The molecule has 5 heteroatoms. The third-order valence-corrected chi connectivity index (χ3v) is 4.29. The van der Waals surface area contributed by atoms with Gasteiger partial charge in [-0.1, -0.05) is 44.2 Å². The number of benzene rings is 1. The van der Waals surface area contributed by atoms with E-state index >= 15 is 0 Å². The van der Waals surface area contributed by atoms with E-state index in [-0.39, 0.29) is 11.3 Å². The van der Waals surface area contributed by atoms with Gasteiger partial charge in [0.2, 0.25) is 5.91 Å². The van der Waals surface area contributed by atoms with Gasteiger partial charge in [0, 0.05) is 11.9 Å². The fraction of sp³-hybridized carbons (Fsp3) is 0.294. The van der Waals surface area contributed by atoms with Gasteiger partial charge in [-0.05, 0) is 23.5 Å².